The summed E-state index contributed by atoms with van der Waals surface area (Å²) in [6, 6.07) is 7.93. The van der Waals surface area contributed by atoms with E-state index in [-0.39, 0.29) is 5.28 Å². The number of aromatic nitrogens is 3. The highest BCUT2D eigenvalue weighted by Crippen LogP contribution is 2.28. The van der Waals surface area contributed by atoms with Crippen LogP contribution in [-0.4, -0.2) is 15.0 Å². The lowest BCUT2D eigenvalue weighted by Crippen LogP contribution is -1.97. The standard InChI is InChI=1S/C13H8BrClN4/c14-10-7-17-13(15)19-12(10)18-11-3-1-2-8-4-5-16-6-9(8)11/h1-7H,(H,17,18,19). The SMILES string of the molecule is Clc1ncc(Br)c(Nc2cccc3ccncc23)n1. The summed E-state index contributed by atoms with van der Waals surface area (Å²) in [6.45, 7) is 0. The largest absolute Gasteiger partial charge is 0.339 e. The summed E-state index contributed by atoms with van der Waals surface area (Å²) in [5.41, 5.74) is 0.918. The van der Waals surface area contributed by atoms with Crippen molar-refractivity contribution in [3.05, 3.63) is 52.6 Å². The third kappa shape index (κ3) is 2.52. The molecule has 0 bridgehead atoms. The fraction of sp³-hybridized carbons (Fsp3) is 0. The predicted octanol–water partition coefficient (Wildman–Crippen LogP) is 4.18. The van der Waals surface area contributed by atoms with Gasteiger partial charge in [0.15, 0.2) is 0 Å². The molecule has 19 heavy (non-hydrogen) atoms. The first-order valence-electron chi connectivity index (χ1n) is 5.52. The van der Waals surface area contributed by atoms with Crippen molar-refractivity contribution in [3.63, 3.8) is 0 Å². The Balaban J connectivity index is 2.08. The summed E-state index contributed by atoms with van der Waals surface area (Å²) < 4.78 is 0.748. The lowest BCUT2D eigenvalue weighted by molar-refractivity contribution is 1.15. The highest BCUT2D eigenvalue weighted by molar-refractivity contribution is 9.10. The first kappa shape index (κ1) is 12.3. The molecule has 3 rings (SSSR count). The second-order valence-electron chi connectivity index (χ2n) is 3.86. The van der Waals surface area contributed by atoms with Crippen molar-refractivity contribution in [1.29, 1.82) is 0 Å². The van der Waals surface area contributed by atoms with E-state index in [9.17, 15) is 0 Å². The Morgan fingerprint density at radius 1 is 1.16 bits per heavy atom. The number of hydrogen-bond donors (Lipinski definition) is 1. The minimum absolute atomic E-state index is 0.198. The Hall–Kier alpha value is -1.72. The zero-order valence-electron chi connectivity index (χ0n) is 9.64. The highest BCUT2D eigenvalue weighted by atomic mass is 79.9. The molecule has 0 aliphatic rings. The van der Waals surface area contributed by atoms with E-state index in [1.54, 1.807) is 12.4 Å². The fourth-order valence-electron chi connectivity index (χ4n) is 1.78. The molecule has 0 aliphatic carbocycles. The van der Waals surface area contributed by atoms with Gasteiger partial charge < -0.3 is 5.32 Å². The van der Waals surface area contributed by atoms with Crippen LogP contribution in [0.3, 0.4) is 0 Å². The van der Waals surface area contributed by atoms with Gasteiger partial charge in [-0.3, -0.25) is 4.98 Å². The van der Waals surface area contributed by atoms with E-state index in [0.717, 1.165) is 20.9 Å². The van der Waals surface area contributed by atoms with Gasteiger partial charge in [0.1, 0.15) is 5.82 Å². The first-order valence-corrected chi connectivity index (χ1v) is 6.69. The quantitative estimate of drug-likeness (QED) is 0.714. The molecule has 94 valence electrons. The molecule has 2 heterocycles. The summed E-state index contributed by atoms with van der Waals surface area (Å²) in [6.07, 6.45) is 5.19. The maximum absolute atomic E-state index is 5.81. The van der Waals surface area contributed by atoms with Crippen LogP contribution in [0.15, 0.2) is 47.3 Å². The van der Waals surface area contributed by atoms with Crippen LogP contribution >= 0.6 is 27.5 Å². The van der Waals surface area contributed by atoms with Gasteiger partial charge >= 0.3 is 0 Å². The first-order chi connectivity index (χ1) is 9.24. The molecule has 0 radical (unpaired) electrons. The number of benzene rings is 1. The van der Waals surface area contributed by atoms with Gasteiger partial charge in [0, 0.05) is 29.7 Å². The second-order valence-corrected chi connectivity index (χ2v) is 5.06. The van der Waals surface area contributed by atoms with E-state index in [2.05, 4.69) is 36.2 Å². The summed E-state index contributed by atoms with van der Waals surface area (Å²) in [7, 11) is 0. The molecule has 4 nitrogen and oxygen atoms in total. The maximum Gasteiger partial charge on any atom is 0.224 e. The molecule has 0 atom stereocenters. The average Bonchev–Trinajstić information content (AvgIpc) is 2.43. The number of halogens is 2. The lowest BCUT2D eigenvalue weighted by atomic mass is 10.1. The number of pyridine rings is 1. The van der Waals surface area contributed by atoms with Gasteiger partial charge in [-0.15, -0.1) is 0 Å². The number of rotatable bonds is 2. The summed E-state index contributed by atoms with van der Waals surface area (Å²) in [5.74, 6) is 0.622. The van der Waals surface area contributed by atoms with Crippen molar-refractivity contribution >= 4 is 49.8 Å². The van der Waals surface area contributed by atoms with Crippen molar-refractivity contribution < 1.29 is 0 Å². The van der Waals surface area contributed by atoms with Crippen LogP contribution in [0.2, 0.25) is 5.28 Å². The van der Waals surface area contributed by atoms with Crippen LogP contribution in [0, 0.1) is 0 Å². The molecule has 0 unspecified atom stereocenters. The molecule has 1 N–H and O–H groups in total. The van der Waals surface area contributed by atoms with E-state index in [1.807, 2.05) is 30.5 Å². The zero-order valence-corrected chi connectivity index (χ0v) is 12.0. The molecule has 0 aliphatic heterocycles. The van der Waals surface area contributed by atoms with Crippen LogP contribution in [0.5, 0.6) is 0 Å². The molecule has 0 fully saturated rings. The van der Waals surface area contributed by atoms with Gasteiger partial charge in [-0.05, 0) is 45.0 Å². The van der Waals surface area contributed by atoms with Gasteiger partial charge in [0.05, 0.1) is 4.47 Å². The zero-order chi connectivity index (χ0) is 13.2. The fourth-order valence-corrected chi connectivity index (χ4v) is 2.21. The van der Waals surface area contributed by atoms with E-state index in [4.69, 9.17) is 11.6 Å². The Bertz CT molecular complexity index is 742. The third-order valence-corrected chi connectivity index (χ3v) is 3.41. The second kappa shape index (κ2) is 5.11. The van der Waals surface area contributed by atoms with E-state index >= 15 is 0 Å². The molecule has 0 saturated heterocycles. The van der Waals surface area contributed by atoms with Gasteiger partial charge in [0.2, 0.25) is 5.28 Å². The molecular weight excluding hydrogens is 328 g/mol. The number of anilines is 2. The maximum atomic E-state index is 5.81. The Labute approximate surface area is 123 Å². The highest BCUT2D eigenvalue weighted by Gasteiger charge is 2.06. The van der Waals surface area contributed by atoms with Gasteiger partial charge in [0.25, 0.3) is 0 Å². The Morgan fingerprint density at radius 2 is 2.05 bits per heavy atom. The third-order valence-electron chi connectivity index (χ3n) is 2.65. The molecule has 0 spiro atoms. The van der Waals surface area contributed by atoms with Crippen LogP contribution in [-0.2, 0) is 0 Å². The van der Waals surface area contributed by atoms with Crippen LogP contribution in [0.4, 0.5) is 11.5 Å². The summed E-state index contributed by atoms with van der Waals surface area (Å²) >= 11 is 9.20. The lowest BCUT2D eigenvalue weighted by Gasteiger charge is -2.10. The summed E-state index contributed by atoms with van der Waals surface area (Å²) in [5, 5.41) is 5.56. The van der Waals surface area contributed by atoms with E-state index in [0.29, 0.717) is 5.82 Å². The van der Waals surface area contributed by atoms with Crippen molar-refractivity contribution in [3.8, 4) is 0 Å². The molecule has 2 aromatic heterocycles. The molecule has 0 amide bonds. The Kier molecular flexibility index (Phi) is 3.31. The van der Waals surface area contributed by atoms with Crippen LogP contribution in [0.1, 0.15) is 0 Å². The molecule has 0 saturated carbocycles. The normalized spacial score (nSPS) is 10.6. The minimum atomic E-state index is 0.198. The van der Waals surface area contributed by atoms with Crippen molar-refractivity contribution in [2.24, 2.45) is 0 Å². The predicted molar refractivity (Wildman–Crippen MR) is 79.8 cm³/mol. The van der Waals surface area contributed by atoms with Gasteiger partial charge in [-0.2, -0.15) is 4.98 Å². The minimum Gasteiger partial charge on any atom is -0.339 e. The monoisotopic (exact) mass is 334 g/mol. The topological polar surface area (TPSA) is 50.7 Å². The number of fused-ring (bicyclic) bond motifs is 1. The van der Waals surface area contributed by atoms with Crippen molar-refractivity contribution in [1.82, 2.24) is 15.0 Å². The molecule has 3 aromatic rings. The van der Waals surface area contributed by atoms with Crippen molar-refractivity contribution in [2.45, 2.75) is 0 Å². The van der Waals surface area contributed by atoms with Gasteiger partial charge in [-0.25, -0.2) is 4.98 Å². The van der Waals surface area contributed by atoms with Crippen LogP contribution < -0.4 is 5.32 Å². The number of nitrogens with one attached hydrogen (secondary N) is 1. The Morgan fingerprint density at radius 3 is 2.95 bits per heavy atom. The molecule has 6 heteroatoms. The number of nitrogens with zero attached hydrogens (tertiary/aromatic N) is 3. The number of hydrogen-bond acceptors (Lipinski definition) is 4. The summed E-state index contributed by atoms with van der Waals surface area (Å²) in [4.78, 5) is 12.2. The van der Waals surface area contributed by atoms with E-state index < -0.39 is 0 Å². The molecule has 1 aromatic carbocycles. The van der Waals surface area contributed by atoms with Crippen LogP contribution in [0.25, 0.3) is 10.8 Å². The smallest absolute Gasteiger partial charge is 0.224 e. The van der Waals surface area contributed by atoms with Gasteiger partial charge in [-0.1, -0.05) is 12.1 Å². The van der Waals surface area contributed by atoms with E-state index in [1.165, 1.54) is 0 Å². The van der Waals surface area contributed by atoms with Crippen molar-refractivity contribution in [2.75, 3.05) is 5.32 Å². The average molecular weight is 336 g/mol. The molecular formula is C13H8BrClN4.